The van der Waals surface area contributed by atoms with Crippen LogP contribution < -0.4 is 24.4 Å². The summed E-state index contributed by atoms with van der Waals surface area (Å²) in [6.45, 7) is 6.11. The number of methoxy groups -OCH3 is 3. The van der Waals surface area contributed by atoms with Crippen molar-refractivity contribution < 1.29 is 19.0 Å². The Labute approximate surface area is 172 Å². The molecule has 0 aliphatic carbocycles. The third kappa shape index (κ3) is 4.56. The maximum atomic E-state index is 12.9. The van der Waals surface area contributed by atoms with E-state index < -0.39 is 0 Å². The van der Waals surface area contributed by atoms with Crippen LogP contribution in [-0.2, 0) is 0 Å². The molecule has 0 spiro atoms. The first-order valence-corrected chi connectivity index (χ1v) is 9.62. The third-order valence-electron chi connectivity index (χ3n) is 5.28. The van der Waals surface area contributed by atoms with Crippen molar-refractivity contribution in [2.24, 2.45) is 0 Å². The molecule has 0 bridgehead atoms. The van der Waals surface area contributed by atoms with Gasteiger partial charge in [0.2, 0.25) is 0 Å². The molecular formula is C22H29N3O4. The Morgan fingerprint density at radius 3 is 2.10 bits per heavy atom. The fraction of sp³-hybridized carbons (Fsp3) is 0.409. The first-order valence-electron chi connectivity index (χ1n) is 9.62. The number of likely N-dealkylation sites (N-methyl/N-ethyl adjacent to an activating group) is 1. The molecule has 1 amide bonds. The molecule has 1 fully saturated rings. The number of piperazine rings is 1. The van der Waals surface area contributed by atoms with Crippen LogP contribution in [-0.4, -0.2) is 65.4 Å². The molecule has 1 aliphatic rings. The molecular weight excluding hydrogens is 370 g/mol. The van der Waals surface area contributed by atoms with E-state index in [2.05, 4.69) is 34.3 Å². The zero-order valence-electron chi connectivity index (χ0n) is 17.7. The van der Waals surface area contributed by atoms with Crippen molar-refractivity contribution in [3.8, 4) is 17.2 Å². The van der Waals surface area contributed by atoms with E-state index in [-0.39, 0.29) is 5.91 Å². The quantitative estimate of drug-likeness (QED) is 0.806. The molecule has 156 valence electrons. The van der Waals surface area contributed by atoms with Gasteiger partial charge in [-0.2, -0.15) is 0 Å². The topological polar surface area (TPSA) is 63.3 Å². The molecule has 1 saturated heterocycles. The molecule has 1 heterocycles. The lowest BCUT2D eigenvalue weighted by molar-refractivity contribution is 0.102. The highest BCUT2D eigenvalue weighted by Gasteiger charge is 2.19. The number of amides is 1. The van der Waals surface area contributed by atoms with Crippen LogP contribution in [0, 0.1) is 6.92 Å². The molecule has 7 nitrogen and oxygen atoms in total. The highest BCUT2D eigenvalue weighted by atomic mass is 16.5. The average Bonchev–Trinajstić information content (AvgIpc) is 2.74. The Morgan fingerprint density at radius 2 is 1.52 bits per heavy atom. The van der Waals surface area contributed by atoms with Crippen molar-refractivity contribution in [3.63, 3.8) is 0 Å². The van der Waals surface area contributed by atoms with Crippen LogP contribution in [0.4, 0.5) is 11.4 Å². The molecule has 7 heteroatoms. The molecule has 2 aromatic rings. The van der Waals surface area contributed by atoms with Crippen molar-refractivity contribution in [1.29, 1.82) is 0 Å². The van der Waals surface area contributed by atoms with Gasteiger partial charge in [-0.15, -0.1) is 0 Å². The normalized spacial score (nSPS) is 14.4. The first kappa shape index (κ1) is 20.8. The van der Waals surface area contributed by atoms with E-state index >= 15 is 0 Å². The SMILES string of the molecule is COc1cc(OC)c(C(=O)Nc2ccc(N3CCN(C)CC3)cc2C)cc1OC. The third-order valence-corrected chi connectivity index (χ3v) is 5.28. The standard InChI is InChI=1S/C22H29N3O4/c1-15-12-16(25-10-8-24(2)9-11-25)6-7-18(15)23-22(26)17-13-20(28-4)21(29-5)14-19(17)27-3/h6-7,12-14H,8-11H2,1-5H3,(H,23,26). The minimum Gasteiger partial charge on any atom is -0.496 e. The van der Waals surface area contributed by atoms with Gasteiger partial charge in [0.1, 0.15) is 5.75 Å². The molecule has 2 aromatic carbocycles. The van der Waals surface area contributed by atoms with Crippen molar-refractivity contribution in [2.45, 2.75) is 6.92 Å². The summed E-state index contributed by atoms with van der Waals surface area (Å²) in [6, 6.07) is 9.40. The van der Waals surface area contributed by atoms with Crippen molar-refractivity contribution in [2.75, 3.05) is 64.8 Å². The Balaban J connectivity index is 1.80. The predicted molar refractivity (Wildman–Crippen MR) is 115 cm³/mol. The monoisotopic (exact) mass is 399 g/mol. The minimum absolute atomic E-state index is 0.266. The van der Waals surface area contributed by atoms with Crippen LogP contribution in [0.5, 0.6) is 17.2 Å². The number of carbonyl (C=O) groups excluding carboxylic acids is 1. The minimum atomic E-state index is -0.266. The maximum Gasteiger partial charge on any atom is 0.259 e. The highest BCUT2D eigenvalue weighted by Crippen LogP contribution is 2.35. The maximum absolute atomic E-state index is 12.9. The zero-order chi connectivity index (χ0) is 21.0. The summed E-state index contributed by atoms with van der Waals surface area (Å²) in [6.07, 6.45) is 0. The van der Waals surface area contributed by atoms with Gasteiger partial charge in [-0.3, -0.25) is 4.79 Å². The van der Waals surface area contributed by atoms with Crippen LogP contribution in [0.25, 0.3) is 0 Å². The summed E-state index contributed by atoms with van der Waals surface area (Å²) in [4.78, 5) is 17.6. The average molecular weight is 399 g/mol. The number of rotatable bonds is 6. The van der Waals surface area contributed by atoms with E-state index in [9.17, 15) is 4.79 Å². The predicted octanol–water partition coefficient (Wildman–Crippen LogP) is 3.02. The molecule has 0 saturated carbocycles. The Hall–Kier alpha value is -2.93. The zero-order valence-corrected chi connectivity index (χ0v) is 17.7. The van der Waals surface area contributed by atoms with Gasteiger partial charge in [-0.1, -0.05) is 0 Å². The van der Waals surface area contributed by atoms with E-state index in [0.29, 0.717) is 22.8 Å². The van der Waals surface area contributed by atoms with E-state index in [4.69, 9.17) is 14.2 Å². The van der Waals surface area contributed by atoms with Gasteiger partial charge >= 0.3 is 0 Å². The highest BCUT2D eigenvalue weighted by molar-refractivity contribution is 6.07. The smallest absolute Gasteiger partial charge is 0.259 e. The van der Waals surface area contributed by atoms with Gasteiger partial charge in [0.15, 0.2) is 11.5 Å². The number of carbonyl (C=O) groups is 1. The van der Waals surface area contributed by atoms with Crippen LogP contribution in [0.3, 0.4) is 0 Å². The van der Waals surface area contributed by atoms with Crippen LogP contribution in [0.1, 0.15) is 15.9 Å². The lowest BCUT2D eigenvalue weighted by Gasteiger charge is -2.34. The number of anilines is 2. The van der Waals surface area contributed by atoms with Gasteiger partial charge in [-0.05, 0) is 37.7 Å². The Morgan fingerprint density at radius 1 is 0.897 bits per heavy atom. The lowest BCUT2D eigenvalue weighted by Crippen LogP contribution is -2.44. The number of nitrogens with one attached hydrogen (secondary N) is 1. The number of nitrogens with zero attached hydrogens (tertiary/aromatic N) is 2. The summed E-state index contributed by atoms with van der Waals surface area (Å²) >= 11 is 0. The summed E-state index contributed by atoms with van der Waals surface area (Å²) in [7, 11) is 6.74. The van der Waals surface area contributed by atoms with Crippen molar-refractivity contribution in [1.82, 2.24) is 4.90 Å². The summed E-state index contributed by atoms with van der Waals surface area (Å²) in [5.41, 5.74) is 3.34. The second-order valence-corrected chi connectivity index (χ2v) is 7.15. The number of ether oxygens (including phenoxy) is 3. The molecule has 1 aliphatic heterocycles. The van der Waals surface area contributed by atoms with Gasteiger partial charge < -0.3 is 29.3 Å². The number of hydrogen-bond donors (Lipinski definition) is 1. The molecule has 29 heavy (non-hydrogen) atoms. The lowest BCUT2D eigenvalue weighted by atomic mass is 10.1. The largest absolute Gasteiger partial charge is 0.496 e. The second kappa shape index (κ2) is 9.05. The number of aryl methyl sites for hydroxylation is 1. The Bertz CT molecular complexity index is 877. The van der Waals surface area contributed by atoms with Gasteiger partial charge in [-0.25, -0.2) is 0 Å². The molecule has 0 atom stereocenters. The van der Waals surface area contributed by atoms with Gasteiger partial charge in [0, 0.05) is 49.7 Å². The van der Waals surface area contributed by atoms with Crippen molar-refractivity contribution in [3.05, 3.63) is 41.5 Å². The number of hydrogen-bond acceptors (Lipinski definition) is 6. The van der Waals surface area contributed by atoms with E-state index in [1.807, 2.05) is 13.0 Å². The molecule has 0 unspecified atom stereocenters. The summed E-state index contributed by atoms with van der Waals surface area (Å²) in [5.74, 6) is 1.14. The Kier molecular flexibility index (Phi) is 6.49. The fourth-order valence-electron chi connectivity index (χ4n) is 3.45. The van der Waals surface area contributed by atoms with Gasteiger partial charge in [0.25, 0.3) is 5.91 Å². The van der Waals surface area contributed by atoms with Crippen molar-refractivity contribution >= 4 is 17.3 Å². The molecule has 3 rings (SSSR count). The first-order chi connectivity index (χ1) is 14.0. The fourth-order valence-corrected chi connectivity index (χ4v) is 3.45. The van der Waals surface area contributed by atoms with E-state index in [1.54, 1.807) is 19.2 Å². The molecule has 0 radical (unpaired) electrons. The molecule has 0 aromatic heterocycles. The molecule has 1 N–H and O–H groups in total. The van der Waals surface area contributed by atoms with Crippen LogP contribution in [0.15, 0.2) is 30.3 Å². The van der Waals surface area contributed by atoms with Gasteiger partial charge in [0.05, 0.1) is 26.9 Å². The second-order valence-electron chi connectivity index (χ2n) is 7.15. The van der Waals surface area contributed by atoms with Crippen LogP contribution >= 0.6 is 0 Å². The summed E-state index contributed by atoms with van der Waals surface area (Å²) in [5, 5.41) is 2.99. The number of benzene rings is 2. The van der Waals surface area contributed by atoms with E-state index in [1.165, 1.54) is 19.9 Å². The van der Waals surface area contributed by atoms with E-state index in [0.717, 1.165) is 37.4 Å². The summed E-state index contributed by atoms with van der Waals surface area (Å²) < 4.78 is 16.0. The van der Waals surface area contributed by atoms with Crippen LogP contribution in [0.2, 0.25) is 0 Å².